The Morgan fingerprint density at radius 3 is 2.30 bits per heavy atom. The highest BCUT2D eigenvalue weighted by Crippen LogP contribution is 2.40. The van der Waals surface area contributed by atoms with Crippen LogP contribution < -0.4 is 5.32 Å². The largest absolute Gasteiger partial charge is 0.468 e. The van der Waals surface area contributed by atoms with Crippen molar-refractivity contribution < 1.29 is 23.9 Å². The lowest BCUT2D eigenvalue weighted by molar-refractivity contribution is -0.156. The molecule has 0 unspecified atom stereocenters. The molecule has 1 amide bonds. The summed E-state index contributed by atoms with van der Waals surface area (Å²) in [5.41, 5.74) is 2.03. The number of aryl methyl sites for hydroxylation is 1. The monoisotopic (exact) mass is 506 g/mol. The van der Waals surface area contributed by atoms with Gasteiger partial charge in [0.05, 0.1) is 13.2 Å². The van der Waals surface area contributed by atoms with Crippen LogP contribution in [-0.4, -0.2) is 54.0 Å². The first-order valence-corrected chi connectivity index (χ1v) is 13.4. The van der Waals surface area contributed by atoms with Gasteiger partial charge in [-0.1, -0.05) is 73.5 Å². The van der Waals surface area contributed by atoms with Gasteiger partial charge in [-0.25, -0.2) is 4.79 Å². The van der Waals surface area contributed by atoms with E-state index in [0.29, 0.717) is 25.2 Å². The molecule has 37 heavy (non-hydrogen) atoms. The second-order valence-corrected chi connectivity index (χ2v) is 10.2. The molecule has 198 valence electrons. The predicted molar refractivity (Wildman–Crippen MR) is 140 cm³/mol. The van der Waals surface area contributed by atoms with Crippen LogP contribution >= 0.6 is 0 Å². The number of esters is 2. The zero-order valence-corrected chi connectivity index (χ0v) is 21.8. The minimum atomic E-state index is -0.648. The highest BCUT2D eigenvalue weighted by Gasteiger charge is 2.49. The van der Waals surface area contributed by atoms with Crippen LogP contribution in [-0.2, 0) is 36.9 Å². The number of hydrogen-bond acceptors (Lipinski definition) is 6. The Hall–Kier alpha value is -3.19. The van der Waals surface area contributed by atoms with Crippen LogP contribution in [0.3, 0.4) is 0 Å². The van der Waals surface area contributed by atoms with Gasteiger partial charge in [0.15, 0.2) is 0 Å². The van der Waals surface area contributed by atoms with E-state index in [4.69, 9.17) is 9.47 Å². The Morgan fingerprint density at radius 1 is 0.973 bits per heavy atom. The minimum Gasteiger partial charge on any atom is -0.468 e. The number of ether oxygens (including phenoxy) is 2. The number of nitrogens with one attached hydrogen (secondary N) is 1. The Labute approximate surface area is 219 Å². The van der Waals surface area contributed by atoms with Crippen molar-refractivity contribution >= 4 is 17.8 Å². The van der Waals surface area contributed by atoms with Gasteiger partial charge in [-0.3, -0.25) is 14.9 Å². The third kappa shape index (κ3) is 6.77. The van der Waals surface area contributed by atoms with Crippen molar-refractivity contribution in [2.45, 2.75) is 82.6 Å². The number of carbonyl (C=O) groups excluding carboxylic acids is 3. The molecule has 1 saturated heterocycles. The average molecular weight is 507 g/mol. The molecule has 0 radical (unpaired) electrons. The topological polar surface area (TPSA) is 84.9 Å². The average Bonchev–Trinajstić information content (AvgIpc) is 3.33. The van der Waals surface area contributed by atoms with Gasteiger partial charge < -0.3 is 14.4 Å². The molecule has 5 atom stereocenters. The van der Waals surface area contributed by atoms with Crippen LogP contribution in [0.1, 0.15) is 56.6 Å². The molecule has 0 aromatic heterocycles. The first-order valence-electron chi connectivity index (χ1n) is 13.4. The lowest BCUT2D eigenvalue weighted by atomic mass is 9.84. The van der Waals surface area contributed by atoms with E-state index in [9.17, 15) is 14.4 Å². The molecule has 1 saturated carbocycles. The SMILES string of the molecule is COC(=O)[C@H](CCc1ccccc1)N[C@@H](C)C(=O)N1[C@H](C(=O)OCc2ccccc2)C[C@H]2CCCC[C@@H]21. The number of methoxy groups -OCH3 is 1. The van der Waals surface area contributed by atoms with Crippen molar-refractivity contribution in [3.8, 4) is 0 Å². The number of likely N-dealkylation sites (tertiary alicyclic amines) is 1. The number of carbonyl (C=O) groups is 3. The molecule has 7 nitrogen and oxygen atoms in total. The highest BCUT2D eigenvalue weighted by molar-refractivity contribution is 5.89. The summed E-state index contributed by atoms with van der Waals surface area (Å²) in [6, 6.07) is 17.6. The first kappa shape index (κ1) is 26.9. The molecular weight excluding hydrogens is 468 g/mol. The van der Waals surface area contributed by atoms with Gasteiger partial charge in [-0.15, -0.1) is 0 Å². The molecule has 2 fully saturated rings. The van der Waals surface area contributed by atoms with Crippen LogP contribution in [0.4, 0.5) is 0 Å². The molecular formula is C30H38N2O5. The smallest absolute Gasteiger partial charge is 0.329 e. The predicted octanol–water partition coefficient (Wildman–Crippen LogP) is 4.04. The first-order chi connectivity index (χ1) is 18.0. The van der Waals surface area contributed by atoms with E-state index in [1.165, 1.54) is 7.11 Å². The van der Waals surface area contributed by atoms with Crippen molar-refractivity contribution in [1.82, 2.24) is 10.2 Å². The number of rotatable bonds is 10. The Morgan fingerprint density at radius 2 is 1.62 bits per heavy atom. The van der Waals surface area contributed by atoms with Crippen LogP contribution in [0.5, 0.6) is 0 Å². The summed E-state index contributed by atoms with van der Waals surface area (Å²) in [7, 11) is 1.36. The summed E-state index contributed by atoms with van der Waals surface area (Å²) < 4.78 is 10.7. The molecule has 0 spiro atoms. The third-order valence-electron chi connectivity index (χ3n) is 7.71. The van der Waals surface area contributed by atoms with Crippen LogP contribution in [0.25, 0.3) is 0 Å². The van der Waals surface area contributed by atoms with E-state index in [-0.39, 0.29) is 24.5 Å². The number of amides is 1. The molecule has 2 aliphatic rings. The van der Waals surface area contributed by atoms with E-state index >= 15 is 0 Å². The fraction of sp³-hybridized carbons (Fsp3) is 0.500. The fourth-order valence-corrected chi connectivity index (χ4v) is 5.78. The van der Waals surface area contributed by atoms with E-state index < -0.39 is 24.1 Å². The van der Waals surface area contributed by atoms with Crippen molar-refractivity contribution in [3.05, 3.63) is 71.8 Å². The van der Waals surface area contributed by atoms with Gasteiger partial charge in [0.25, 0.3) is 0 Å². The Bertz CT molecular complexity index is 1040. The normalized spacial score (nSPS) is 22.5. The Balaban J connectivity index is 1.44. The van der Waals surface area contributed by atoms with Crippen molar-refractivity contribution in [2.75, 3.05) is 7.11 Å². The Kier molecular flexibility index (Phi) is 9.34. The second-order valence-electron chi connectivity index (χ2n) is 10.2. The standard InChI is InChI=1S/C30H38N2O5/c1-21(31-25(29(34)36-2)18-17-22-11-5-3-6-12-22)28(33)32-26-16-10-9-15-24(26)19-27(32)30(35)37-20-23-13-7-4-8-14-23/h3-8,11-14,21,24-27,31H,9-10,15-20H2,1-2H3/t21-,24+,25-,26-,27-/m0/s1. The van der Waals surface area contributed by atoms with Gasteiger partial charge in [0, 0.05) is 6.04 Å². The summed E-state index contributed by atoms with van der Waals surface area (Å²) >= 11 is 0. The minimum absolute atomic E-state index is 0.0284. The molecule has 7 heteroatoms. The highest BCUT2D eigenvalue weighted by atomic mass is 16.5. The zero-order valence-electron chi connectivity index (χ0n) is 21.8. The number of nitrogens with zero attached hydrogens (tertiary/aromatic N) is 1. The summed E-state index contributed by atoms with van der Waals surface area (Å²) in [4.78, 5) is 41.4. The molecule has 2 aromatic rings. The maximum absolute atomic E-state index is 13.8. The summed E-state index contributed by atoms with van der Waals surface area (Å²) in [5.74, 6) is -0.614. The van der Waals surface area contributed by atoms with Crippen molar-refractivity contribution in [1.29, 1.82) is 0 Å². The maximum atomic E-state index is 13.8. The molecule has 1 heterocycles. The van der Waals surface area contributed by atoms with Crippen molar-refractivity contribution in [3.63, 3.8) is 0 Å². The van der Waals surface area contributed by atoms with Crippen LogP contribution in [0.2, 0.25) is 0 Å². The quantitative estimate of drug-likeness (QED) is 0.490. The molecule has 1 aliphatic carbocycles. The number of fused-ring (bicyclic) bond motifs is 1. The number of benzene rings is 2. The van der Waals surface area contributed by atoms with Crippen LogP contribution in [0.15, 0.2) is 60.7 Å². The lowest BCUT2D eigenvalue weighted by Gasteiger charge is -2.35. The van der Waals surface area contributed by atoms with Gasteiger partial charge in [-0.05, 0) is 56.1 Å². The fourth-order valence-electron chi connectivity index (χ4n) is 5.78. The second kappa shape index (κ2) is 12.9. The lowest BCUT2D eigenvalue weighted by Crippen LogP contribution is -2.56. The maximum Gasteiger partial charge on any atom is 0.329 e. The summed E-state index contributed by atoms with van der Waals surface area (Å²) in [5, 5.41) is 3.21. The molecule has 1 aliphatic heterocycles. The van der Waals surface area contributed by atoms with E-state index in [0.717, 1.165) is 36.8 Å². The molecule has 2 aromatic carbocycles. The molecule has 1 N–H and O–H groups in total. The third-order valence-corrected chi connectivity index (χ3v) is 7.71. The molecule has 0 bridgehead atoms. The summed E-state index contributed by atoms with van der Waals surface area (Å²) in [6.07, 6.45) is 5.87. The van der Waals surface area contributed by atoms with E-state index in [1.807, 2.05) is 60.7 Å². The number of hydrogen-bond donors (Lipinski definition) is 1. The molecule has 4 rings (SSSR count). The van der Waals surface area contributed by atoms with Gasteiger partial charge in [0.2, 0.25) is 5.91 Å². The van der Waals surface area contributed by atoms with E-state index in [2.05, 4.69) is 5.32 Å². The summed E-state index contributed by atoms with van der Waals surface area (Å²) in [6.45, 7) is 1.95. The van der Waals surface area contributed by atoms with Crippen LogP contribution in [0, 0.1) is 5.92 Å². The van der Waals surface area contributed by atoms with E-state index in [1.54, 1.807) is 11.8 Å². The van der Waals surface area contributed by atoms with Gasteiger partial charge in [0.1, 0.15) is 18.7 Å². The zero-order chi connectivity index (χ0) is 26.2. The van der Waals surface area contributed by atoms with Gasteiger partial charge in [-0.2, -0.15) is 0 Å². The van der Waals surface area contributed by atoms with Crippen molar-refractivity contribution in [2.24, 2.45) is 5.92 Å². The van der Waals surface area contributed by atoms with Gasteiger partial charge >= 0.3 is 11.9 Å².